The molecule has 0 aliphatic carbocycles. The summed E-state index contributed by atoms with van der Waals surface area (Å²) >= 11 is 0. The van der Waals surface area contributed by atoms with Crippen molar-refractivity contribution in [2.24, 2.45) is 5.41 Å². The second-order valence-corrected chi connectivity index (χ2v) is 6.65. The first-order valence-electron chi connectivity index (χ1n) is 7.58. The van der Waals surface area contributed by atoms with Crippen LogP contribution in [0.4, 0.5) is 5.69 Å². The van der Waals surface area contributed by atoms with Crippen LogP contribution in [0.2, 0.25) is 0 Å². The summed E-state index contributed by atoms with van der Waals surface area (Å²) < 4.78 is 0. The van der Waals surface area contributed by atoms with Crippen LogP contribution in [-0.4, -0.2) is 25.7 Å². The smallest absolute Gasteiger partial charge is 0.0399 e. The molecule has 106 valence electrons. The molecule has 0 amide bonds. The van der Waals surface area contributed by atoms with Crippen LogP contribution in [0.15, 0.2) is 24.3 Å². The van der Waals surface area contributed by atoms with Crippen LogP contribution in [0, 0.1) is 5.41 Å². The highest BCUT2D eigenvalue weighted by Crippen LogP contribution is 2.27. The number of hydrogen-bond donors (Lipinski definition) is 1. The average molecular weight is 260 g/mol. The lowest BCUT2D eigenvalue weighted by Gasteiger charge is -2.35. The Balaban J connectivity index is 2.23. The van der Waals surface area contributed by atoms with Crippen molar-refractivity contribution in [2.45, 2.75) is 46.6 Å². The lowest BCUT2D eigenvalue weighted by atomic mass is 9.86. The molecule has 1 aliphatic rings. The van der Waals surface area contributed by atoms with Crippen LogP contribution in [-0.2, 0) is 6.42 Å². The minimum absolute atomic E-state index is 0.309. The molecule has 0 aromatic heterocycles. The Kier molecular flexibility index (Phi) is 4.51. The Labute approximate surface area is 118 Å². The number of aryl methyl sites for hydroxylation is 1. The van der Waals surface area contributed by atoms with Crippen molar-refractivity contribution < 1.29 is 0 Å². The van der Waals surface area contributed by atoms with E-state index in [4.69, 9.17) is 0 Å². The summed E-state index contributed by atoms with van der Waals surface area (Å²) in [4.78, 5) is 2.58. The van der Waals surface area contributed by atoms with E-state index in [0.29, 0.717) is 11.5 Å². The molecule has 1 fully saturated rings. The molecule has 2 rings (SSSR count). The third kappa shape index (κ3) is 3.50. The zero-order chi connectivity index (χ0) is 13.9. The molecule has 1 aromatic carbocycles. The first-order valence-corrected chi connectivity index (χ1v) is 7.58. The van der Waals surface area contributed by atoms with E-state index in [2.05, 4.69) is 62.2 Å². The van der Waals surface area contributed by atoms with E-state index in [-0.39, 0.29) is 0 Å². The molecule has 1 unspecified atom stereocenters. The van der Waals surface area contributed by atoms with Crippen LogP contribution in [0.25, 0.3) is 0 Å². The number of para-hydroxylation sites is 1. The fourth-order valence-corrected chi connectivity index (χ4v) is 2.84. The number of hydrogen-bond acceptors (Lipinski definition) is 2. The van der Waals surface area contributed by atoms with Crippen molar-refractivity contribution in [3.05, 3.63) is 29.8 Å². The maximum Gasteiger partial charge on any atom is 0.0399 e. The normalized spacial score (nSPS) is 21.3. The van der Waals surface area contributed by atoms with Gasteiger partial charge >= 0.3 is 0 Å². The summed E-state index contributed by atoms with van der Waals surface area (Å²) in [6.45, 7) is 12.7. The quantitative estimate of drug-likeness (QED) is 0.876. The number of rotatable bonds is 2. The molecule has 1 N–H and O–H groups in total. The summed E-state index contributed by atoms with van der Waals surface area (Å²) in [5.74, 6) is 0. The number of benzene rings is 1. The van der Waals surface area contributed by atoms with Gasteiger partial charge in [-0.05, 0) is 36.4 Å². The van der Waals surface area contributed by atoms with Crippen molar-refractivity contribution in [3.63, 3.8) is 0 Å². The summed E-state index contributed by atoms with van der Waals surface area (Å²) in [5, 5.41) is 3.72. The van der Waals surface area contributed by atoms with Crippen LogP contribution in [0.1, 0.15) is 39.7 Å². The molecule has 0 bridgehead atoms. The molecule has 1 heterocycles. The van der Waals surface area contributed by atoms with E-state index in [0.717, 1.165) is 26.1 Å². The predicted molar refractivity (Wildman–Crippen MR) is 83.9 cm³/mol. The molecular formula is C17H28N2. The van der Waals surface area contributed by atoms with Gasteiger partial charge in [0.2, 0.25) is 0 Å². The molecular weight excluding hydrogens is 232 g/mol. The van der Waals surface area contributed by atoms with E-state index in [9.17, 15) is 0 Å². The van der Waals surface area contributed by atoms with Gasteiger partial charge in [0.25, 0.3) is 0 Å². The Morgan fingerprint density at radius 3 is 2.68 bits per heavy atom. The lowest BCUT2D eigenvalue weighted by molar-refractivity contribution is 0.280. The Bertz CT molecular complexity index is 406. The fourth-order valence-electron chi connectivity index (χ4n) is 2.84. The van der Waals surface area contributed by atoms with Crippen molar-refractivity contribution in [3.8, 4) is 0 Å². The van der Waals surface area contributed by atoms with Gasteiger partial charge in [0.1, 0.15) is 0 Å². The summed E-state index contributed by atoms with van der Waals surface area (Å²) in [7, 11) is 0. The SMILES string of the molecule is CCc1ccccc1N1CCCNC(C(C)(C)C)C1. The molecule has 1 aromatic rings. The first-order chi connectivity index (χ1) is 9.02. The second-order valence-electron chi connectivity index (χ2n) is 6.65. The van der Waals surface area contributed by atoms with Gasteiger partial charge in [-0.15, -0.1) is 0 Å². The van der Waals surface area contributed by atoms with Crippen LogP contribution < -0.4 is 10.2 Å². The molecule has 1 atom stereocenters. The van der Waals surface area contributed by atoms with Gasteiger partial charge in [0.05, 0.1) is 0 Å². The van der Waals surface area contributed by atoms with E-state index in [1.54, 1.807) is 0 Å². The maximum absolute atomic E-state index is 3.72. The monoisotopic (exact) mass is 260 g/mol. The van der Waals surface area contributed by atoms with Crippen LogP contribution in [0.3, 0.4) is 0 Å². The lowest BCUT2D eigenvalue weighted by Crippen LogP contribution is -2.46. The van der Waals surface area contributed by atoms with Crippen molar-refractivity contribution >= 4 is 5.69 Å². The molecule has 19 heavy (non-hydrogen) atoms. The third-order valence-electron chi connectivity index (χ3n) is 4.16. The second kappa shape index (κ2) is 5.96. The van der Waals surface area contributed by atoms with Gasteiger partial charge in [-0.25, -0.2) is 0 Å². The van der Waals surface area contributed by atoms with Gasteiger partial charge in [-0.1, -0.05) is 45.9 Å². The summed E-state index contributed by atoms with van der Waals surface area (Å²) in [6, 6.07) is 9.42. The van der Waals surface area contributed by atoms with Crippen molar-refractivity contribution in [1.82, 2.24) is 5.32 Å². The van der Waals surface area contributed by atoms with Crippen LogP contribution in [0.5, 0.6) is 0 Å². The standard InChI is InChI=1S/C17H28N2/c1-5-14-9-6-7-10-15(14)19-12-8-11-18-16(13-19)17(2,3)4/h6-7,9-10,16,18H,5,8,11-13H2,1-4H3. The van der Waals surface area contributed by atoms with Gasteiger partial charge in [-0.2, -0.15) is 0 Å². The van der Waals surface area contributed by atoms with E-state index in [1.165, 1.54) is 17.7 Å². The van der Waals surface area contributed by atoms with E-state index in [1.807, 2.05) is 0 Å². The Morgan fingerprint density at radius 2 is 2.00 bits per heavy atom. The van der Waals surface area contributed by atoms with E-state index >= 15 is 0 Å². The van der Waals surface area contributed by atoms with Crippen molar-refractivity contribution in [1.29, 1.82) is 0 Å². The number of anilines is 1. The molecule has 2 heteroatoms. The third-order valence-corrected chi connectivity index (χ3v) is 4.16. The molecule has 1 aliphatic heterocycles. The summed E-state index contributed by atoms with van der Waals surface area (Å²) in [6.07, 6.45) is 2.34. The van der Waals surface area contributed by atoms with E-state index < -0.39 is 0 Å². The highest BCUT2D eigenvalue weighted by Gasteiger charge is 2.28. The van der Waals surface area contributed by atoms with Gasteiger partial charge < -0.3 is 10.2 Å². The molecule has 0 radical (unpaired) electrons. The number of nitrogens with one attached hydrogen (secondary N) is 1. The zero-order valence-electron chi connectivity index (χ0n) is 12.9. The minimum atomic E-state index is 0.309. The highest BCUT2D eigenvalue weighted by atomic mass is 15.2. The van der Waals surface area contributed by atoms with Gasteiger partial charge in [0.15, 0.2) is 0 Å². The molecule has 0 saturated carbocycles. The average Bonchev–Trinajstić information content (AvgIpc) is 2.64. The first kappa shape index (κ1) is 14.4. The molecule has 0 spiro atoms. The topological polar surface area (TPSA) is 15.3 Å². The van der Waals surface area contributed by atoms with Gasteiger partial charge in [-0.3, -0.25) is 0 Å². The minimum Gasteiger partial charge on any atom is -0.370 e. The summed E-state index contributed by atoms with van der Waals surface area (Å²) in [5.41, 5.74) is 3.21. The zero-order valence-corrected chi connectivity index (χ0v) is 12.9. The Morgan fingerprint density at radius 1 is 1.26 bits per heavy atom. The van der Waals surface area contributed by atoms with Crippen molar-refractivity contribution in [2.75, 3.05) is 24.5 Å². The highest BCUT2D eigenvalue weighted by molar-refractivity contribution is 5.54. The maximum atomic E-state index is 3.72. The Hall–Kier alpha value is -1.02. The fraction of sp³-hybridized carbons (Fsp3) is 0.647. The van der Waals surface area contributed by atoms with Gasteiger partial charge in [0, 0.05) is 24.8 Å². The molecule has 2 nitrogen and oxygen atoms in total. The largest absolute Gasteiger partial charge is 0.370 e. The number of nitrogens with zero attached hydrogens (tertiary/aromatic N) is 1. The van der Waals surface area contributed by atoms with Crippen LogP contribution >= 0.6 is 0 Å². The predicted octanol–water partition coefficient (Wildman–Crippen LogP) is 3.46. The molecule has 1 saturated heterocycles.